The SMILES string of the molecule is CCCCOc1nc(N)c2[nH]c(=O)n(Cc3ccc(C(=O)NCCCOCCOCCOCCCNC(=O)CCC(=O)Nc4ccc(/C=C/C(=O)NCC(=O)N[C@H](C(=O)N[C@H](CCC(=O)OCC)C(=O)OCC)C(C)C)cc4)cc3)c2n1. The van der Waals surface area contributed by atoms with Gasteiger partial charge in [0.2, 0.25) is 29.5 Å². The number of hydrogen-bond donors (Lipinski definition) is 8. The third-order valence-corrected chi connectivity index (χ3v) is 11.9. The van der Waals surface area contributed by atoms with Gasteiger partial charge in [0.05, 0.1) is 59.3 Å². The molecule has 26 nitrogen and oxygen atoms in total. The molecule has 0 fully saturated rings. The number of unbranched alkanes of at least 4 members (excludes halogenated alkanes) is 1. The maximum absolute atomic E-state index is 13.1. The number of fused-ring (bicyclic) bond motifs is 1. The Hall–Kier alpha value is -8.23. The van der Waals surface area contributed by atoms with Crippen molar-refractivity contribution in [1.29, 1.82) is 0 Å². The number of benzene rings is 2. The lowest BCUT2D eigenvalue weighted by Crippen LogP contribution is -2.55. The van der Waals surface area contributed by atoms with Crippen LogP contribution >= 0.6 is 0 Å². The van der Waals surface area contributed by atoms with E-state index < -0.39 is 59.9 Å². The van der Waals surface area contributed by atoms with Gasteiger partial charge in [-0.3, -0.25) is 38.1 Å². The van der Waals surface area contributed by atoms with Crippen LogP contribution in [0.5, 0.6) is 6.01 Å². The Balaban J connectivity index is 0.979. The van der Waals surface area contributed by atoms with Gasteiger partial charge in [-0.2, -0.15) is 9.97 Å². The molecule has 0 radical (unpaired) electrons. The fourth-order valence-electron chi connectivity index (χ4n) is 7.54. The topological polar surface area (TPSA) is 354 Å². The highest BCUT2D eigenvalue weighted by molar-refractivity contribution is 5.97. The molecule has 0 unspecified atom stereocenters. The van der Waals surface area contributed by atoms with E-state index in [2.05, 4.69) is 46.9 Å². The van der Waals surface area contributed by atoms with Crippen LogP contribution in [0.2, 0.25) is 0 Å². The normalized spacial score (nSPS) is 11.9. The average Bonchev–Trinajstić information content (AvgIpc) is 4.05. The zero-order chi connectivity index (χ0) is 59.7. The van der Waals surface area contributed by atoms with Crippen LogP contribution < -0.4 is 48.1 Å². The molecule has 0 aliphatic rings. The van der Waals surface area contributed by atoms with E-state index in [0.29, 0.717) is 100 Å². The second-order valence-electron chi connectivity index (χ2n) is 18.8. The number of rotatable bonds is 39. The minimum absolute atomic E-state index is 0.00878. The van der Waals surface area contributed by atoms with E-state index in [9.17, 15) is 43.2 Å². The first-order chi connectivity index (χ1) is 39.5. The van der Waals surface area contributed by atoms with Gasteiger partial charge in [0.15, 0.2) is 11.5 Å². The third kappa shape index (κ3) is 24.6. The van der Waals surface area contributed by atoms with Gasteiger partial charge in [0, 0.05) is 62.9 Å². The van der Waals surface area contributed by atoms with Crippen molar-refractivity contribution in [1.82, 2.24) is 46.1 Å². The first-order valence-corrected chi connectivity index (χ1v) is 27.5. The number of imidazole rings is 1. The molecule has 2 heterocycles. The van der Waals surface area contributed by atoms with Crippen LogP contribution in [0.1, 0.15) is 107 Å². The summed E-state index contributed by atoms with van der Waals surface area (Å²) in [5.41, 5.74) is 8.70. The molecule has 0 aliphatic carbocycles. The van der Waals surface area contributed by atoms with Crippen molar-refractivity contribution < 1.29 is 66.8 Å². The molecule has 26 heteroatoms. The molecule has 0 saturated heterocycles. The average molecular weight is 1150 g/mol. The standard InChI is InChI=1S/C56H79N11O15/c1-6-9-30-82-55-65-50(57)49-51(66-55)67(56(76)64-49)36-39-12-17-40(18-13-39)52(73)59-27-11-29-78-32-34-79-33-31-77-28-10-26-58-43(68)23-24-45(70)61-41-19-14-38(15-20-41)16-22-44(69)60-35-46(71)63-48(37(4)5)53(74)62-42(54(75)81-8-3)21-25-47(72)80-7-2/h12-20,22,37,42,48H,6-11,21,23-36H2,1-5H3,(H,58,68)(H,59,73)(H,60,69)(H,61,70)(H,62,74)(H,63,71)(H,64,76)(H2,57,65,66)/b22-16+/t42-,48+/m1/s1. The van der Waals surface area contributed by atoms with E-state index in [1.165, 1.54) is 16.7 Å². The fourth-order valence-corrected chi connectivity index (χ4v) is 7.54. The van der Waals surface area contributed by atoms with Crippen LogP contribution in [-0.2, 0) is 63.8 Å². The largest absolute Gasteiger partial charge is 0.466 e. The third-order valence-electron chi connectivity index (χ3n) is 11.9. The van der Waals surface area contributed by atoms with Gasteiger partial charge in [0.25, 0.3) is 5.91 Å². The number of esters is 2. The number of carbonyl (C=O) groups excluding carboxylic acids is 8. The fraction of sp³-hybridized carbons (Fsp3) is 0.518. The smallest absolute Gasteiger partial charge is 0.328 e. The molecule has 2 aromatic heterocycles. The lowest BCUT2D eigenvalue weighted by atomic mass is 10.0. The number of anilines is 2. The number of aromatic nitrogens is 4. The molecule has 448 valence electrons. The van der Waals surface area contributed by atoms with Crippen molar-refractivity contribution in [2.45, 2.75) is 105 Å². The first kappa shape index (κ1) is 66.3. The summed E-state index contributed by atoms with van der Waals surface area (Å²) in [5.74, 6) is -4.30. The number of H-pyrrole nitrogens is 1. The Morgan fingerprint density at radius 3 is 2.00 bits per heavy atom. The van der Waals surface area contributed by atoms with E-state index in [1.54, 1.807) is 76.2 Å². The minimum Gasteiger partial charge on any atom is -0.466 e. The number of aromatic amines is 1. The van der Waals surface area contributed by atoms with Crippen molar-refractivity contribution in [3.63, 3.8) is 0 Å². The molecular formula is C56H79N11O15. The Morgan fingerprint density at radius 2 is 1.35 bits per heavy atom. The molecule has 2 aromatic carbocycles. The van der Waals surface area contributed by atoms with E-state index in [0.717, 1.165) is 18.4 Å². The van der Waals surface area contributed by atoms with Crippen molar-refractivity contribution in [2.24, 2.45) is 5.92 Å². The van der Waals surface area contributed by atoms with E-state index in [-0.39, 0.29) is 75.0 Å². The minimum atomic E-state index is -1.14. The van der Waals surface area contributed by atoms with Crippen molar-refractivity contribution in [2.75, 3.05) is 90.1 Å². The number of hydrogen-bond acceptors (Lipinski definition) is 18. The van der Waals surface area contributed by atoms with Gasteiger partial charge in [-0.1, -0.05) is 51.5 Å². The zero-order valence-electron chi connectivity index (χ0n) is 47.4. The summed E-state index contributed by atoms with van der Waals surface area (Å²) >= 11 is 0. The van der Waals surface area contributed by atoms with Gasteiger partial charge in [-0.25, -0.2) is 9.59 Å². The number of nitrogens with two attached hydrogens (primary N) is 1. The highest BCUT2D eigenvalue weighted by Crippen LogP contribution is 2.19. The molecule has 0 spiro atoms. The monoisotopic (exact) mass is 1150 g/mol. The summed E-state index contributed by atoms with van der Waals surface area (Å²) in [6, 6.07) is 11.4. The summed E-state index contributed by atoms with van der Waals surface area (Å²) in [5, 5.41) is 16.0. The van der Waals surface area contributed by atoms with Crippen LogP contribution in [0, 0.1) is 5.92 Å². The Bertz CT molecular complexity index is 2780. The second-order valence-corrected chi connectivity index (χ2v) is 18.8. The van der Waals surface area contributed by atoms with Gasteiger partial charge in [-0.15, -0.1) is 0 Å². The Labute approximate surface area is 476 Å². The molecule has 0 aliphatic heterocycles. The van der Waals surface area contributed by atoms with Crippen molar-refractivity contribution >= 4 is 76.1 Å². The molecule has 6 amide bonds. The van der Waals surface area contributed by atoms with Crippen LogP contribution in [0.3, 0.4) is 0 Å². The van der Waals surface area contributed by atoms with E-state index in [1.807, 2.05) is 6.92 Å². The summed E-state index contributed by atoms with van der Waals surface area (Å²) in [6.45, 7) is 12.2. The van der Waals surface area contributed by atoms with Crippen molar-refractivity contribution in [3.8, 4) is 6.01 Å². The molecule has 0 saturated carbocycles. The number of amides is 6. The number of carbonyl (C=O) groups is 8. The van der Waals surface area contributed by atoms with Crippen LogP contribution in [0.4, 0.5) is 11.5 Å². The van der Waals surface area contributed by atoms with Gasteiger partial charge >= 0.3 is 23.6 Å². The van der Waals surface area contributed by atoms with Gasteiger partial charge in [0.1, 0.15) is 17.6 Å². The zero-order valence-corrected chi connectivity index (χ0v) is 47.4. The van der Waals surface area contributed by atoms with Gasteiger partial charge < -0.3 is 71.0 Å². The maximum atomic E-state index is 13.1. The molecular weight excluding hydrogens is 1070 g/mol. The predicted molar refractivity (Wildman–Crippen MR) is 303 cm³/mol. The van der Waals surface area contributed by atoms with E-state index >= 15 is 0 Å². The van der Waals surface area contributed by atoms with Crippen molar-refractivity contribution in [3.05, 3.63) is 81.8 Å². The number of nitrogen functional groups attached to an aromatic ring is 1. The maximum Gasteiger partial charge on any atom is 0.328 e. The van der Waals surface area contributed by atoms with Crippen LogP contribution in [0.15, 0.2) is 59.4 Å². The Kier molecular flexibility index (Phi) is 29.8. The quantitative estimate of drug-likeness (QED) is 0.0181. The predicted octanol–water partition coefficient (Wildman–Crippen LogP) is 2.69. The van der Waals surface area contributed by atoms with Crippen LogP contribution in [0.25, 0.3) is 17.2 Å². The van der Waals surface area contributed by atoms with Gasteiger partial charge in [-0.05, 0) is 86.9 Å². The second kappa shape index (κ2) is 36.9. The highest BCUT2D eigenvalue weighted by Gasteiger charge is 2.30. The first-order valence-electron chi connectivity index (χ1n) is 27.5. The number of ether oxygens (including phenoxy) is 6. The number of nitrogens with one attached hydrogen (secondary N) is 7. The van der Waals surface area contributed by atoms with E-state index in [4.69, 9.17) is 34.2 Å². The highest BCUT2D eigenvalue weighted by atomic mass is 16.5. The molecule has 4 rings (SSSR count). The Morgan fingerprint density at radius 1 is 0.707 bits per heavy atom. The molecule has 4 aromatic rings. The molecule has 82 heavy (non-hydrogen) atoms. The summed E-state index contributed by atoms with van der Waals surface area (Å²) in [6.07, 6.45) is 5.43. The summed E-state index contributed by atoms with van der Waals surface area (Å²) < 4.78 is 33.7. The lowest BCUT2D eigenvalue weighted by molar-refractivity contribution is -0.149. The van der Waals surface area contributed by atoms with Crippen LogP contribution in [-0.4, -0.2) is 158 Å². The molecule has 9 N–H and O–H groups in total. The lowest BCUT2D eigenvalue weighted by Gasteiger charge is -2.24. The summed E-state index contributed by atoms with van der Waals surface area (Å²) in [4.78, 5) is 124. The number of nitrogens with zero attached hydrogens (tertiary/aromatic N) is 3. The summed E-state index contributed by atoms with van der Waals surface area (Å²) in [7, 11) is 0. The molecule has 0 bridgehead atoms. The molecule has 2 atom stereocenters.